The molecule has 100 valence electrons. The molecule has 3 atom stereocenters. The summed E-state index contributed by atoms with van der Waals surface area (Å²) >= 11 is 0. The van der Waals surface area contributed by atoms with Gasteiger partial charge in [-0.15, -0.1) is 0 Å². The van der Waals surface area contributed by atoms with Crippen LogP contribution in [-0.4, -0.2) is 24.5 Å². The summed E-state index contributed by atoms with van der Waals surface area (Å²) in [5.74, 6) is 2.24. The van der Waals surface area contributed by atoms with Gasteiger partial charge < -0.3 is 10.6 Å². The molecule has 3 nitrogen and oxygen atoms in total. The summed E-state index contributed by atoms with van der Waals surface area (Å²) in [7, 11) is 0. The van der Waals surface area contributed by atoms with E-state index >= 15 is 0 Å². The van der Waals surface area contributed by atoms with Crippen LogP contribution in [0, 0.1) is 23.7 Å². The van der Waals surface area contributed by atoms with E-state index in [0.717, 1.165) is 0 Å². The van der Waals surface area contributed by atoms with E-state index in [9.17, 15) is 4.79 Å². The number of nitrogens with one attached hydrogen (secondary N) is 2. The zero-order chi connectivity index (χ0) is 13.2. The zero-order valence-electron chi connectivity index (χ0n) is 12.1. The van der Waals surface area contributed by atoms with E-state index in [1.165, 1.54) is 0 Å². The minimum atomic E-state index is 0.137. The summed E-state index contributed by atoms with van der Waals surface area (Å²) in [4.78, 5) is 11.8. The maximum atomic E-state index is 11.8. The quantitative estimate of drug-likeness (QED) is 0.792. The van der Waals surface area contributed by atoms with Gasteiger partial charge in [-0.2, -0.15) is 0 Å². The van der Waals surface area contributed by atoms with Crippen molar-refractivity contribution in [3.63, 3.8) is 0 Å². The SMILES string of the molecule is CC(C)C1NCC(=O)NC(C(C)C)C1C(C)C. The summed E-state index contributed by atoms with van der Waals surface area (Å²) in [5.41, 5.74) is 0. The van der Waals surface area contributed by atoms with Gasteiger partial charge in [0.2, 0.25) is 5.91 Å². The Balaban J connectivity index is 3.01. The van der Waals surface area contributed by atoms with E-state index in [-0.39, 0.29) is 11.9 Å². The van der Waals surface area contributed by atoms with Crippen LogP contribution in [0.15, 0.2) is 0 Å². The summed E-state index contributed by atoms with van der Waals surface area (Å²) < 4.78 is 0. The third-order valence-electron chi connectivity index (χ3n) is 3.86. The molecule has 0 aliphatic carbocycles. The van der Waals surface area contributed by atoms with Crippen molar-refractivity contribution >= 4 is 5.91 Å². The van der Waals surface area contributed by atoms with Crippen LogP contribution in [0.5, 0.6) is 0 Å². The summed E-state index contributed by atoms with van der Waals surface area (Å²) in [6, 6.07) is 0.700. The highest BCUT2D eigenvalue weighted by molar-refractivity contribution is 5.78. The average Bonchev–Trinajstić information content (AvgIpc) is 2.36. The Labute approximate surface area is 106 Å². The van der Waals surface area contributed by atoms with Crippen LogP contribution in [0.25, 0.3) is 0 Å². The van der Waals surface area contributed by atoms with Crippen LogP contribution in [0.3, 0.4) is 0 Å². The van der Waals surface area contributed by atoms with E-state index in [2.05, 4.69) is 52.2 Å². The molecule has 1 aliphatic heterocycles. The van der Waals surface area contributed by atoms with Gasteiger partial charge in [0.1, 0.15) is 0 Å². The van der Waals surface area contributed by atoms with Gasteiger partial charge in [-0.25, -0.2) is 0 Å². The molecule has 1 rings (SSSR count). The lowest BCUT2D eigenvalue weighted by Gasteiger charge is -2.38. The van der Waals surface area contributed by atoms with Gasteiger partial charge in [0.25, 0.3) is 0 Å². The van der Waals surface area contributed by atoms with Crippen LogP contribution in [0.2, 0.25) is 0 Å². The third kappa shape index (κ3) is 3.44. The van der Waals surface area contributed by atoms with Crippen LogP contribution in [0.4, 0.5) is 0 Å². The first-order chi connectivity index (χ1) is 7.84. The first-order valence-corrected chi connectivity index (χ1v) is 6.87. The summed E-state index contributed by atoms with van der Waals surface area (Å²) in [5, 5.41) is 6.63. The Morgan fingerprint density at radius 3 is 1.88 bits per heavy atom. The predicted octanol–water partition coefficient (Wildman–Crippen LogP) is 2.03. The molecule has 0 aromatic rings. The van der Waals surface area contributed by atoms with Gasteiger partial charge in [-0.05, 0) is 23.7 Å². The molecule has 1 heterocycles. The van der Waals surface area contributed by atoms with E-state index in [0.29, 0.717) is 36.3 Å². The van der Waals surface area contributed by atoms with E-state index < -0.39 is 0 Å². The Bertz CT molecular complexity index is 261. The van der Waals surface area contributed by atoms with Gasteiger partial charge in [-0.3, -0.25) is 4.79 Å². The van der Waals surface area contributed by atoms with Gasteiger partial charge in [0.05, 0.1) is 6.54 Å². The molecule has 1 fully saturated rings. The fourth-order valence-corrected chi connectivity index (χ4v) is 3.02. The molecule has 2 N–H and O–H groups in total. The third-order valence-corrected chi connectivity index (χ3v) is 3.86. The van der Waals surface area contributed by atoms with Crippen LogP contribution in [0.1, 0.15) is 41.5 Å². The Morgan fingerprint density at radius 2 is 1.47 bits per heavy atom. The van der Waals surface area contributed by atoms with Crippen molar-refractivity contribution in [1.29, 1.82) is 0 Å². The smallest absolute Gasteiger partial charge is 0.234 e. The number of carbonyl (C=O) groups excluding carboxylic acids is 1. The molecule has 3 unspecified atom stereocenters. The van der Waals surface area contributed by atoms with Crippen LogP contribution >= 0.6 is 0 Å². The standard InChI is InChI=1S/C14H28N2O/c1-8(2)12-13(9(3)4)15-7-11(17)16-14(12)10(5)6/h8-10,12-15H,7H2,1-6H3,(H,16,17). The molecule has 3 heteroatoms. The first-order valence-electron chi connectivity index (χ1n) is 6.87. The number of hydrogen-bond acceptors (Lipinski definition) is 2. The molecule has 1 amide bonds. The average molecular weight is 240 g/mol. The minimum Gasteiger partial charge on any atom is -0.352 e. The molecular formula is C14H28N2O. The maximum absolute atomic E-state index is 11.8. The number of hydrogen-bond donors (Lipinski definition) is 2. The summed E-state index contributed by atoms with van der Waals surface area (Å²) in [6.07, 6.45) is 0. The van der Waals surface area contributed by atoms with Gasteiger partial charge >= 0.3 is 0 Å². The van der Waals surface area contributed by atoms with Gasteiger partial charge in [-0.1, -0.05) is 41.5 Å². The normalized spacial score (nSPS) is 30.9. The van der Waals surface area contributed by atoms with Crippen molar-refractivity contribution < 1.29 is 4.79 Å². The second kappa shape index (κ2) is 5.85. The number of amides is 1. The van der Waals surface area contributed by atoms with Gasteiger partial charge in [0, 0.05) is 12.1 Å². The topological polar surface area (TPSA) is 41.1 Å². The van der Waals surface area contributed by atoms with E-state index in [1.54, 1.807) is 0 Å². The largest absolute Gasteiger partial charge is 0.352 e. The van der Waals surface area contributed by atoms with Crippen molar-refractivity contribution in [2.75, 3.05) is 6.54 Å². The Kier molecular flexibility index (Phi) is 4.99. The molecular weight excluding hydrogens is 212 g/mol. The first kappa shape index (κ1) is 14.5. The summed E-state index contributed by atoms with van der Waals surface area (Å²) in [6.45, 7) is 13.8. The van der Waals surface area contributed by atoms with Crippen LogP contribution < -0.4 is 10.6 Å². The monoisotopic (exact) mass is 240 g/mol. The maximum Gasteiger partial charge on any atom is 0.234 e. The minimum absolute atomic E-state index is 0.137. The van der Waals surface area contributed by atoms with Crippen molar-refractivity contribution in [2.45, 2.75) is 53.6 Å². The molecule has 0 spiro atoms. The molecule has 0 aromatic carbocycles. The number of rotatable bonds is 3. The second-order valence-corrected chi connectivity index (χ2v) is 6.31. The zero-order valence-corrected chi connectivity index (χ0v) is 12.1. The highest BCUT2D eigenvalue weighted by atomic mass is 16.2. The highest BCUT2D eigenvalue weighted by Crippen LogP contribution is 2.29. The lowest BCUT2D eigenvalue weighted by atomic mass is 9.74. The van der Waals surface area contributed by atoms with Crippen LogP contribution in [-0.2, 0) is 4.79 Å². The molecule has 17 heavy (non-hydrogen) atoms. The Morgan fingerprint density at radius 1 is 0.941 bits per heavy atom. The van der Waals surface area contributed by atoms with Crippen molar-refractivity contribution in [2.24, 2.45) is 23.7 Å². The predicted molar refractivity (Wildman–Crippen MR) is 71.7 cm³/mol. The van der Waals surface area contributed by atoms with Crippen molar-refractivity contribution in [3.05, 3.63) is 0 Å². The second-order valence-electron chi connectivity index (χ2n) is 6.31. The lowest BCUT2D eigenvalue weighted by molar-refractivity contribution is -0.120. The fraction of sp³-hybridized carbons (Fsp3) is 0.929. The van der Waals surface area contributed by atoms with Gasteiger partial charge in [0.15, 0.2) is 0 Å². The highest BCUT2D eigenvalue weighted by Gasteiger charge is 2.38. The van der Waals surface area contributed by atoms with E-state index in [4.69, 9.17) is 0 Å². The number of carbonyl (C=O) groups is 1. The molecule has 0 aromatic heterocycles. The molecule has 0 saturated carbocycles. The molecule has 1 saturated heterocycles. The van der Waals surface area contributed by atoms with Crippen molar-refractivity contribution in [1.82, 2.24) is 10.6 Å². The fourth-order valence-electron chi connectivity index (χ4n) is 3.02. The van der Waals surface area contributed by atoms with E-state index in [1.807, 2.05) is 0 Å². The van der Waals surface area contributed by atoms with Crippen molar-refractivity contribution in [3.8, 4) is 0 Å². The molecule has 0 bridgehead atoms. The molecule has 0 radical (unpaired) electrons. The molecule has 1 aliphatic rings. The lowest BCUT2D eigenvalue weighted by Crippen LogP contribution is -2.50. The Hall–Kier alpha value is -0.570.